The third-order valence-electron chi connectivity index (χ3n) is 5.08. The number of benzene rings is 1. The molecule has 2 N–H and O–H groups in total. The average Bonchev–Trinajstić information content (AvgIpc) is 2.70. The molecule has 1 fully saturated rings. The summed E-state index contributed by atoms with van der Waals surface area (Å²) in [6.45, 7) is 1.95. The Bertz CT molecular complexity index is 797. The summed E-state index contributed by atoms with van der Waals surface area (Å²) in [7, 11) is 1.60. The van der Waals surface area contributed by atoms with E-state index in [9.17, 15) is 9.59 Å². The van der Waals surface area contributed by atoms with Crippen LogP contribution in [0.15, 0.2) is 42.7 Å². The number of aryl methyl sites for hydroxylation is 1. The predicted octanol–water partition coefficient (Wildman–Crippen LogP) is 3.33. The number of rotatable bonds is 5. The van der Waals surface area contributed by atoms with E-state index in [0.29, 0.717) is 5.56 Å². The van der Waals surface area contributed by atoms with Gasteiger partial charge in [0.15, 0.2) is 0 Å². The van der Waals surface area contributed by atoms with Crippen LogP contribution in [0, 0.1) is 12.8 Å². The first-order chi connectivity index (χ1) is 13.1. The first kappa shape index (κ1) is 18.9. The average molecular weight is 367 g/mol. The van der Waals surface area contributed by atoms with Crippen LogP contribution in [0.3, 0.4) is 0 Å². The fraction of sp³-hybridized carbons (Fsp3) is 0.381. The Morgan fingerprint density at radius 3 is 2.41 bits per heavy atom. The molecule has 1 aliphatic rings. The first-order valence-electron chi connectivity index (χ1n) is 9.23. The minimum absolute atomic E-state index is 0.0289. The van der Waals surface area contributed by atoms with Crippen LogP contribution in [-0.2, 0) is 4.79 Å². The number of carbonyl (C=O) groups is 2. The Kier molecular flexibility index (Phi) is 6.06. The molecule has 0 spiro atoms. The van der Waals surface area contributed by atoms with Crippen molar-refractivity contribution < 1.29 is 14.3 Å². The predicted molar refractivity (Wildman–Crippen MR) is 104 cm³/mol. The van der Waals surface area contributed by atoms with E-state index in [-0.39, 0.29) is 23.8 Å². The van der Waals surface area contributed by atoms with Gasteiger partial charge in [-0.1, -0.05) is 0 Å². The standard InChI is InChI=1S/C21H25N3O3/c1-14-11-12-22-13-19(14)24-21(26)15-3-7-17(8-4-15)23-20(25)16-5-9-18(27-2)10-6-16/h5-6,9-13,15,17H,3-4,7-8H2,1-2H3,(H,23,25)(H,24,26). The van der Waals surface area contributed by atoms with Gasteiger partial charge >= 0.3 is 0 Å². The smallest absolute Gasteiger partial charge is 0.251 e. The van der Waals surface area contributed by atoms with E-state index >= 15 is 0 Å². The molecular weight excluding hydrogens is 342 g/mol. The molecule has 0 aliphatic heterocycles. The van der Waals surface area contributed by atoms with Crippen LogP contribution in [0.2, 0.25) is 0 Å². The topological polar surface area (TPSA) is 80.3 Å². The molecule has 1 saturated carbocycles. The summed E-state index contributed by atoms with van der Waals surface area (Å²) in [6.07, 6.45) is 6.51. The molecule has 0 saturated heterocycles. The van der Waals surface area contributed by atoms with Gasteiger partial charge in [0.05, 0.1) is 19.0 Å². The van der Waals surface area contributed by atoms with Crippen LogP contribution in [0.1, 0.15) is 41.6 Å². The lowest BCUT2D eigenvalue weighted by molar-refractivity contribution is -0.120. The fourth-order valence-corrected chi connectivity index (χ4v) is 3.34. The molecule has 1 aliphatic carbocycles. The minimum atomic E-state index is -0.0865. The van der Waals surface area contributed by atoms with Gasteiger partial charge in [-0.2, -0.15) is 0 Å². The third kappa shape index (κ3) is 4.84. The number of hydrogen-bond acceptors (Lipinski definition) is 4. The van der Waals surface area contributed by atoms with Gasteiger partial charge in [-0.25, -0.2) is 0 Å². The molecule has 27 heavy (non-hydrogen) atoms. The van der Waals surface area contributed by atoms with E-state index in [1.807, 2.05) is 13.0 Å². The van der Waals surface area contributed by atoms with Gasteiger partial charge in [0.2, 0.25) is 5.91 Å². The lowest BCUT2D eigenvalue weighted by Crippen LogP contribution is -2.39. The first-order valence-corrected chi connectivity index (χ1v) is 9.23. The number of hydrogen-bond donors (Lipinski definition) is 2. The van der Waals surface area contributed by atoms with Crippen LogP contribution in [0.4, 0.5) is 5.69 Å². The summed E-state index contributed by atoms with van der Waals surface area (Å²) in [5.74, 6) is 0.642. The normalized spacial score (nSPS) is 19.2. The van der Waals surface area contributed by atoms with Gasteiger partial charge in [-0.15, -0.1) is 0 Å². The number of anilines is 1. The van der Waals surface area contributed by atoms with Crippen LogP contribution >= 0.6 is 0 Å². The summed E-state index contributed by atoms with van der Waals surface area (Å²) < 4.78 is 5.11. The largest absolute Gasteiger partial charge is 0.497 e. The Labute approximate surface area is 159 Å². The quantitative estimate of drug-likeness (QED) is 0.849. The maximum atomic E-state index is 12.5. The molecule has 0 bridgehead atoms. The van der Waals surface area contributed by atoms with Crippen molar-refractivity contribution in [3.8, 4) is 5.75 Å². The summed E-state index contributed by atoms with van der Waals surface area (Å²) in [5, 5.41) is 6.04. The Morgan fingerprint density at radius 1 is 1.07 bits per heavy atom. The van der Waals surface area contributed by atoms with Crippen molar-refractivity contribution in [2.75, 3.05) is 12.4 Å². The number of nitrogens with one attached hydrogen (secondary N) is 2. The highest BCUT2D eigenvalue weighted by molar-refractivity contribution is 5.95. The van der Waals surface area contributed by atoms with Gasteiger partial charge in [0, 0.05) is 23.7 Å². The van der Waals surface area contributed by atoms with Crippen molar-refractivity contribution in [2.24, 2.45) is 5.92 Å². The molecular formula is C21H25N3O3. The van der Waals surface area contributed by atoms with E-state index in [0.717, 1.165) is 42.7 Å². The fourth-order valence-electron chi connectivity index (χ4n) is 3.34. The van der Waals surface area contributed by atoms with Crippen molar-refractivity contribution in [3.63, 3.8) is 0 Å². The van der Waals surface area contributed by atoms with Crippen molar-refractivity contribution >= 4 is 17.5 Å². The van der Waals surface area contributed by atoms with Gasteiger partial charge in [0.25, 0.3) is 5.91 Å². The van der Waals surface area contributed by atoms with Crippen molar-refractivity contribution in [2.45, 2.75) is 38.6 Å². The van der Waals surface area contributed by atoms with E-state index in [4.69, 9.17) is 4.74 Å². The molecule has 0 radical (unpaired) electrons. The van der Waals surface area contributed by atoms with E-state index in [1.54, 1.807) is 43.8 Å². The Balaban J connectivity index is 1.48. The van der Waals surface area contributed by atoms with Crippen LogP contribution in [0.5, 0.6) is 5.75 Å². The van der Waals surface area contributed by atoms with Crippen LogP contribution in [0.25, 0.3) is 0 Å². The van der Waals surface area contributed by atoms with E-state index in [1.165, 1.54) is 0 Å². The second-order valence-electron chi connectivity index (χ2n) is 6.93. The molecule has 0 unspecified atom stereocenters. The molecule has 6 heteroatoms. The Morgan fingerprint density at radius 2 is 1.78 bits per heavy atom. The number of carbonyl (C=O) groups excluding carboxylic acids is 2. The monoisotopic (exact) mass is 367 g/mol. The maximum Gasteiger partial charge on any atom is 0.251 e. The van der Waals surface area contributed by atoms with Gasteiger partial charge in [-0.05, 0) is 68.5 Å². The number of nitrogens with zero attached hydrogens (tertiary/aromatic N) is 1. The van der Waals surface area contributed by atoms with E-state index in [2.05, 4.69) is 15.6 Å². The highest BCUT2D eigenvalue weighted by Crippen LogP contribution is 2.26. The molecule has 3 rings (SSSR count). The summed E-state index contributed by atoms with van der Waals surface area (Å²) in [4.78, 5) is 28.9. The number of aromatic nitrogens is 1. The summed E-state index contributed by atoms with van der Waals surface area (Å²) in [6, 6.07) is 9.03. The zero-order valence-electron chi connectivity index (χ0n) is 15.7. The SMILES string of the molecule is COc1ccc(C(=O)NC2CCC(C(=O)Nc3cnccc3C)CC2)cc1. The summed E-state index contributed by atoms with van der Waals surface area (Å²) in [5.41, 5.74) is 2.37. The van der Waals surface area contributed by atoms with Crippen molar-refractivity contribution in [1.82, 2.24) is 10.3 Å². The lowest BCUT2D eigenvalue weighted by atomic mass is 9.85. The summed E-state index contributed by atoms with van der Waals surface area (Å²) >= 11 is 0. The van der Waals surface area contributed by atoms with E-state index < -0.39 is 0 Å². The lowest BCUT2D eigenvalue weighted by Gasteiger charge is -2.28. The zero-order chi connectivity index (χ0) is 19.2. The molecule has 2 amide bonds. The number of pyridine rings is 1. The highest BCUT2D eigenvalue weighted by atomic mass is 16.5. The molecule has 6 nitrogen and oxygen atoms in total. The number of methoxy groups -OCH3 is 1. The zero-order valence-corrected chi connectivity index (χ0v) is 15.7. The molecule has 1 aromatic carbocycles. The third-order valence-corrected chi connectivity index (χ3v) is 5.08. The van der Waals surface area contributed by atoms with Crippen molar-refractivity contribution in [1.29, 1.82) is 0 Å². The Hall–Kier alpha value is -2.89. The van der Waals surface area contributed by atoms with Gasteiger partial charge < -0.3 is 15.4 Å². The van der Waals surface area contributed by atoms with Gasteiger partial charge in [0.1, 0.15) is 5.75 Å². The second kappa shape index (κ2) is 8.66. The van der Waals surface area contributed by atoms with Crippen LogP contribution in [-0.4, -0.2) is 29.9 Å². The molecule has 142 valence electrons. The number of ether oxygens (including phenoxy) is 1. The minimum Gasteiger partial charge on any atom is -0.497 e. The molecule has 0 atom stereocenters. The second-order valence-corrected chi connectivity index (χ2v) is 6.93. The highest BCUT2D eigenvalue weighted by Gasteiger charge is 2.27. The van der Waals surface area contributed by atoms with Gasteiger partial charge in [-0.3, -0.25) is 14.6 Å². The molecule has 2 aromatic rings. The van der Waals surface area contributed by atoms with Crippen LogP contribution < -0.4 is 15.4 Å². The van der Waals surface area contributed by atoms with Crippen molar-refractivity contribution in [3.05, 3.63) is 53.9 Å². The number of amides is 2. The molecule has 1 aromatic heterocycles. The maximum absolute atomic E-state index is 12.5. The molecule has 1 heterocycles.